The van der Waals surface area contributed by atoms with Gasteiger partial charge in [-0.1, -0.05) is 22.0 Å². The number of halogens is 2. The van der Waals surface area contributed by atoms with Gasteiger partial charge in [0.15, 0.2) is 0 Å². The number of aromatic nitrogens is 1. The first-order valence-corrected chi connectivity index (χ1v) is 6.41. The standard InChI is InChI=1S/C12H10BrNS.ClH/c13-10-4-6-12(7-5-10)15-9-11-3-1-2-8-14-11;/h1-8H,9H2;1H. The summed E-state index contributed by atoms with van der Waals surface area (Å²) in [6, 6.07) is 14.3. The molecule has 0 N–H and O–H groups in total. The van der Waals surface area contributed by atoms with Crippen molar-refractivity contribution in [2.75, 3.05) is 0 Å². The molecule has 0 saturated heterocycles. The first-order valence-electron chi connectivity index (χ1n) is 4.63. The normalized spacial score (nSPS) is 9.56. The zero-order valence-electron chi connectivity index (χ0n) is 8.47. The molecule has 0 amide bonds. The van der Waals surface area contributed by atoms with Crippen molar-refractivity contribution in [1.82, 2.24) is 4.98 Å². The minimum Gasteiger partial charge on any atom is -0.260 e. The second-order valence-electron chi connectivity index (χ2n) is 3.06. The summed E-state index contributed by atoms with van der Waals surface area (Å²) in [6.45, 7) is 0. The summed E-state index contributed by atoms with van der Waals surface area (Å²) in [7, 11) is 0. The second kappa shape index (κ2) is 6.94. The molecule has 0 fully saturated rings. The van der Waals surface area contributed by atoms with E-state index >= 15 is 0 Å². The molecule has 16 heavy (non-hydrogen) atoms. The van der Waals surface area contributed by atoms with Gasteiger partial charge in [-0.2, -0.15) is 0 Å². The van der Waals surface area contributed by atoms with Gasteiger partial charge in [-0.25, -0.2) is 0 Å². The van der Waals surface area contributed by atoms with Crippen molar-refractivity contribution in [1.29, 1.82) is 0 Å². The van der Waals surface area contributed by atoms with Crippen LogP contribution in [0.5, 0.6) is 0 Å². The van der Waals surface area contributed by atoms with E-state index in [1.807, 2.05) is 24.4 Å². The third-order valence-corrected chi connectivity index (χ3v) is 3.50. The Labute approximate surface area is 114 Å². The molecular formula is C12H11BrClNS. The van der Waals surface area contributed by atoms with Crippen LogP contribution in [0, 0.1) is 0 Å². The number of hydrogen-bond donors (Lipinski definition) is 0. The molecule has 1 heterocycles. The van der Waals surface area contributed by atoms with Crippen LogP contribution in [0.3, 0.4) is 0 Å². The van der Waals surface area contributed by atoms with E-state index in [1.165, 1.54) is 4.90 Å². The third-order valence-electron chi connectivity index (χ3n) is 1.93. The Bertz CT molecular complexity index is 419. The van der Waals surface area contributed by atoms with Crippen molar-refractivity contribution in [3.05, 3.63) is 58.8 Å². The van der Waals surface area contributed by atoms with Gasteiger partial charge in [0.25, 0.3) is 0 Å². The molecule has 1 aromatic carbocycles. The number of benzene rings is 1. The first-order chi connectivity index (χ1) is 7.34. The predicted octanol–water partition coefficient (Wildman–Crippen LogP) is 4.56. The SMILES string of the molecule is Brc1ccc(SCc2ccccn2)cc1.Cl. The molecule has 2 aromatic rings. The smallest absolute Gasteiger partial charge is 0.0506 e. The number of hydrogen-bond acceptors (Lipinski definition) is 2. The van der Waals surface area contributed by atoms with Crippen LogP contribution in [0.15, 0.2) is 58.0 Å². The minimum absolute atomic E-state index is 0. The summed E-state index contributed by atoms with van der Waals surface area (Å²) in [6.07, 6.45) is 1.83. The average molecular weight is 317 g/mol. The van der Waals surface area contributed by atoms with Crippen LogP contribution in [0.4, 0.5) is 0 Å². The fraction of sp³-hybridized carbons (Fsp3) is 0.0833. The van der Waals surface area contributed by atoms with Gasteiger partial charge in [0, 0.05) is 21.3 Å². The van der Waals surface area contributed by atoms with Gasteiger partial charge in [0.05, 0.1) is 5.69 Å². The topological polar surface area (TPSA) is 12.9 Å². The number of nitrogens with zero attached hydrogens (tertiary/aromatic N) is 1. The Kier molecular flexibility index (Phi) is 5.88. The van der Waals surface area contributed by atoms with Gasteiger partial charge in [-0.3, -0.25) is 4.98 Å². The zero-order valence-corrected chi connectivity index (χ0v) is 11.7. The molecule has 2 rings (SSSR count). The van der Waals surface area contributed by atoms with E-state index in [9.17, 15) is 0 Å². The van der Waals surface area contributed by atoms with Gasteiger partial charge in [-0.05, 0) is 36.4 Å². The van der Waals surface area contributed by atoms with Crippen LogP contribution < -0.4 is 0 Å². The van der Waals surface area contributed by atoms with E-state index in [2.05, 4.69) is 45.2 Å². The summed E-state index contributed by atoms with van der Waals surface area (Å²) in [5.41, 5.74) is 1.12. The molecule has 84 valence electrons. The van der Waals surface area contributed by atoms with Crippen molar-refractivity contribution in [2.45, 2.75) is 10.6 Å². The Morgan fingerprint density at radius 1 is 1.06 bits per heavy atom. The summed E-state index contributed by atoms with van der Waals surface area (Å²) < 4.78 is 1.12. The van der Waals surface area contributed by atoms with Crippen molar-refractivity contribution in [2.24, 2.45) is 0 Å². The summed E-state index contributed by atoms with van der Waals surface area (Å²) >= 11 is 5.22. The lowest BCUT2D eigenvalue weighted by Crippen LogP contribution is -1.84. The quantitative estimate of drug-likeness (QED) is 0.770. The number of thioether (sulfide) groups is 1. The molecule has 1 nitrogen and oxygen atoms in total. The molecule has 0 aliphatic carbocycles. The maximum absolute atomic E-state index is 4.28. The Morgan fingerprint density at radius 2 is 1.81 bits per heavy atom. The van der Waals surface area contributed by atoms with Crippen molar-refractivity contribution in [3.8, 4) is 0 Å². The molecule has 0 radical (unpaired) electrons. The largest absolute Gasteiger partial charge is 0.260 e. The Hall–Kier alpha value is -0.510. The van der Waals surface area contributed by atoms with Crippen molar-refractivity contribution < 1.29 is 0 Å². The molecule has 0 saturated carbocycles. The fourth-order valence-corrected chi connectivity index (χ4v) is 2.25. The lowest BCUT2D eigenvalue weighted by molar-refractivity contribution is 1.17. The van der Waals surface area contributed by atoms with Crippen LogP contribution in [0.25, 0.3) is 0 Å². The van der Waals surface area contributed by atoms with Crippen LogP contribution in [-0.2, 0) is 5.75 Å². The highest BCUT2D eigenvalue weighted by Crippen LogP contribution is 2.23. The van der Waals surface area contributed by atoms with Gasteiger partial charge < -0.3 is 0 Å². The molecular weight excluding hydrogens is 306 g/mol. The summed E-state index contributed by atoms with van der Waals surface area (Å²) in [5, 5.41) is 0. The lowest BCUT2D eigenvalue weighted by Gasteiger charge is -2.00. The maximum atomic E-state index is 4.28. The summed E-state index contributed by atoms with van der Waals surface area (Å²) in [4.78, 5) is 5.55. The fourth-order valence-electron chi connectivity index (χ4n) is 1.17. The molecule has 1 aromatic heterocycles. The monoisotopic (exact) mass is 315 g/mol. The van der Waals surface area contributed by atoms with Gasteiger partial charge >= 0.3 is 0 Å². The average Bonchev–Trinajstić information content (AvgIpc) is 2.30. The first kappa shape index (κ1) is 13.6. The molecule has 0 spiro atoms. The second-order valence-corrected chi connectivity index (χ2v) is 5.03. The zero-order chi connectivity index (χ0) is 10.5. The van der Waals surface area contributed by atoms with E-state index < -0.39 is 0 Å². The van der Waals surface area contributed by atoms with Crippen LogP contribution in [-0.4, -0.2) is 4.98 Å². The molecule has 0 unspecified atom stereocenters. The molecule has 0 aliphatic heterocycles. The van der Waals surface area contributed by atoms with Gasteiger partial charge in [0.2, 0.25) is 0 Å². The van der Waals surface area contributed by atoms with Crippen LogP contribution in [0.1, 0.15) is 5.69 Å². The van der Waals surface area contributed by atoms with E-state index in [4.69, 9.17) is 0 Å². The minimum atomic E-state index is 0. The van der Waals surface area contributed by atoms with Crippen molar-refractivity contribution in [3.63, 3.8) is 0 Å². The van der Waals surface area contributed by atoms with Gasteiger partial charge in [-0.15, -0.1) is 24.2 Å². The molecule has 0 bridgehead atoms. The third kappa shape index (κ3) is 4.16. The van der Waals surface area contributed by atoms with Crippen LogP contribution >= 0.6 is 40.1 Å². The maximum Gasteiger partial charge on any atom is 0.0506 e. The molecule has 4 heteroatoms. The van der Waals surface area contributed by atoms with Crippen LogP contribution in [0.2, 0.25) is 0 Å². The number of pyridine rings is 1. The Balaban J connectivity index is 0.00000128. The highest BCUT2D eigenvalue weighted by Gasteiger charge is 1.96. The number of rotatable bonds is 3. The summed E-state index contributed by atoms with van der Waals surface area (Å²) in [5.74, 6) is 0.919. The highest BCUT2D eigenvalue weighted by atomic mass is 79.9. The van der Waals surface area contributed by atoms with E-state index in [0.29, 0.717) is 0 Å². The van der Waals surface area contributed by atoms with Gasteiger partial charge in [0.1, 0.15) is 0 Å². The van der Waals surface area contributed by atoms with E-state index in [0.717, 1.165) is 15.9 Å². The Morgan fingerprint density at radius 3 is 2.44 bits per heavy atom. The van der Waals surface area contributed by atoms with E-state index in [-0.39, 0.29) is 12.4 Å². The molecule has 0 aliphatic rings. The molecule has 0 atom stereocenters. The van der Waals surface area contributed by atoms with E-state index in [1.54, 1.807) is 11.8 Å². The van der Waals surface area contributed by atoms with Crippen molar-refractivity contribution >= 4 is 40.1 Å². The highest BCUT2D eigenvalue weighted by molar-refractivity contribution is 9.10. The predicted molar refractivity (Wildman–Crippen MR) is 75.2 cm³/mol. The lowest BCUT2D eigenvalue weighted by atomic mass is 10.4.